The van der Waals surface area contributed by atoms with E-state index in [0.717, 1.165) is 16.7 Å². The first-order valence-electron chi connectivity index (χ1n) is 7.37. The third kappa shape index (κ3) is 3.27. The Morgan fingerprint density at radius 3 is 2.83 bits per heavy atom. The molecule has 120 valence electrons. The van der Waals surface area contributed by atoms with Crippen molar-refractivity contribution in [3.63, 3.8) is 0 Å². The third-order valence-electron chi connectivity index (χ3n) is 3.85. The molecular formula is C18H17ClO4. The second-order valence-electron chi connectivity index (χ2n) is 5.43. The van der Waals surface area contributed by atoms with Crippen molar-refractivity contribution in [2.45, 2.75) is 20.5 Å². The van der Waals surface area contributed by atoms with Gasteiger partial charge in [-0.2, -0.15) is 0 Å². The van der Waals surface area contributed by atoms with Crippen molar-refractivity contribution in [3.05, 3.63) is 57.6 Å². The first-order chi connectivity index (χ1) is 11.1. The van der Waals surface area contributed by atoms with Crippen molar-refractivity contribution >= 4 is 17.6 Å². The highest BCUT2D eigenvalue weighted by molar-refractivity contribution is 6.32. The van der Waals surface area contributed by atoms with Crippen LogP contribution in [0.1, 0.15) is 27.0 Å². The molecule has 3 rings (SSSR count). The predicted molar refractivity (Wildman–Crippen MR) is 87.5 cm³/mol. The fourth-order valence-corrected chi connectivity index (χ4v) is 2.73. The van der Waals surface area contributed by atoms with Crippen molar-refractivity contribution in [2.24, 2.45) is 0 Å². The van der Waals surface area contributed by atoms with Gasteiger partial charge in [-0.1, -0.05) is 23.7 Å². The van der Waals surface area contributed by atoms with Gasteiger partial charge in [0.15, 0.2) is 11.5 Å². The molecule has 2 aromatic carbocycles. The molecule has 0 saturated carbocycles. The lowest BCUT2D eigenvalue weighted by atomic mass is 10.0. The number of ether oxygens (including phenoxy) is 3. The number of hydrogen-bond acceptors (Lipinski definition) is 4. The molecule has 23 heavy (non-hydrogen) atoms. The Bertz CT molecular complexity index is 755. The average molecular weight is 333 g/mol. The van der Waals surface area contributed by atoms with E-state index in [2.05, 4.69) is 0 Å². The Morgan fingerprint density at radius 1 is 1.22 bits per heavy atom. The summed E-state index contributed by atoms with van der Waals surface area (Å²) in [6.07, 6.45) is 0. The van der Waals surface area contributed by atoms with Crippen LogP contribution in [0.2, 0.25) is 5.02 Å². The van der Waals surface area contributed by atoms with E-state index in [0.29, 0.717) is 35.3 Å². The van der Waals surface area contributed by atoms with Crippen LogP contribution in [0.25, 0.3) is 0 Å². The highest BCUT2D eigenvalue weighted by Crippen LogP contribution is 2.38. The number of benzene rings is 2. The summed E-state index contributed by atoms with van der Waals surface area (Å²) in [5.41, 5.74) is 3.33. The van der Waals surface area contributed by atoms with Gasteiger partial charge in [-0.25, -0.2) is 4.79 Å². The van der Waals surface area contributed by atoms with Crippen LogP contribution in [0.5, 0.6) is 11.5 Å². The zero-order valence-corrected chi connectivity index (χ0v) is 13.8. The maximum absolute atomic E-state index is 12.3. The zero-order valence-electron chi connectivity index (χ0n) is 13.0. The lowest BCUT2D eigenvalue weighted by Gasteiger charge is -2.20. The summed E-state index contributed by atoms with van der Waals surface area (Å²) in [5, 5.41) is 0.458. The molecule has 0 aliphatic carbocycles. The molecule has 5 heteroatoms. The number of esters is 1. The monoisotopic (exact) mass is 332 g/mol. The molecule has 0 atom stereocenters. The maximum Gasteiger partial charge on any atom is 0.338 e. The lowest BCUT2D eigenvalue weighted by molar-refractivity contribution is 0.0471. The first kappa shape index (κ1) is 15.7. The van der Waals surface area contributed by atoms with E-state index in [4.69, 9.17) is 25.8 Å². The molecule has 0 bridgehead atoms. The molecule has 1 aliphatic rings. The molecule has 0 unspecified atom stereocenters. The van der Waals surface area contributed by atoms with E-state index in [-0.39, 0.29) is 12.6 Å². The van der Waals surface area contributed by atoms with Crippen molar-refractivity contribution in [1.82, 2.24) is 0 Å². The number of fused-ring (bicyclic) bond motifs is 1. The van der Waals surface area contributed by atoms with Crippen molar-refractivity contribution < 1.29 is 19.0 Å². The minimum atomic E-state index is -0.350. The number of halogens is 1. The van der Waals surface area contributed by atoms with E-state index >= 15 is 0 Å². The molecule has 0 saturated heterocycles. The third-order valence-corrected chi connectivity index (χ3v) is 4.13. The fraction of sp³-hybridized carbons (Fsp3) is 0.278. The summed E-state index contributed by atoms with van der Waals surface area (Å²) < 4.78 is 16.4. The zero-order chi connectivity index (χ0) is 16.4. The first-order valence-corrected chi connectivity index (χ1v) is 7.75. The van der Waals surface area contributed by atoms with E-state index in [1.807, 2.05) is 26.0 Å². The van der Waals surface area contributed by atoms with Gasteiger partial charge in [0.05, 0.1) is 10.6 Å². The predicted octanol–water partition coefficient (Wildman–Crippen LogP) is 4.09. The van der Waals surface area contributed by atoms with Crippen LogP contribution < -0.4 is 9.47 Å². The SMILES string of the molecule is Cc1cccc(C(=O)OCc2cc(Cl)c3c(c2)OCCO3)c1C. The molecule has 1 aliphatic heterocycles. The summed E-state index contributed by atoms with van der Waals surface area (Å²) in [6.45, 7) is 4.96. The summed E-state index contributed by atoms with van der Waals surface area (Å²) in [5.74, 6) is 0.779. The molecule has 0 radical (unpaired) electrons. The number of carbonyl (C=O) groups is 1. The van der Waals surface area contributed by atoms with Crippen LogP contribution in [0.15, 0.2) is 30.3 Å². The Balaban J connectivity index is 1.74. The molecule has 0 aromatic heterocycles. The smallest absolute Gasteiger partial charge is 0.338 e. The number of rotatable bonds is 3. The number of aryl methyl sites for hydroxylation is 1. The van der Waals surface area contributed by atoms with Gasteiger partial charge in [0, 0.05) is 0 Å². The number of hydrogen-bond donors (Lipinski definition) is 0. The number of carbonyl (C=O) groups excluding carboxylic acids is 1. The summed E-state index contributed by atoms with van der Waals surface area (Å²) in [7, 11) is 0. The molecule has 2 aromatic rings. The fourth-order valence-electron chi connectivity index (χ4n) is 2.45. The van der Waals surface area contributed by atoms with Crippen LogP contribution in [0.3, 0.4) is 0 Å². The van der Waals surface area contributed by atoms with Gasteiger partial charge in [0.25, 0.3) is 0 Å². The van der Waals surface area contributed by atoms with Crippen LogP contribution in [0.4, 0.5) is 0 Å². The van der Waals surface area contributed by atoms with Gasteiger partial charge in [0.2, 0.25) is 0 Å². The Morgan fingerprint density at radius 2 is 2.00 bits per heavy atom. The second-order valence-corrected chi connectivity index (χ2v) is 5.83. The van der Waals surface area contributed by atoms with Gasteiger partial charge in [-0.15, -0.1) is 0 Å². The standard InChI is InChI=1S/C18H17ClO4/c1-11-4-3-5-14(12(11)2)18(20)23-10-13-8-15(19)17-16(9-13)21-6-7-22-17/h3-5,8-9H,6-7,10H2,1-2H3. The second kappa shape index (κ2) is 6.50. The van der Waals surface area contributed by atoms with Gasteiger partial charge < -0.3 is 14.2 Å². The van der Waals surface area contributed by atoms with Crippen molar-refractivity contribution in [3.8, 4) is 11.5 Å². The van der Waals surface area contributed by atoms with Crippen molar-refractivity contribution in [1.29, 1.82) is 0 Å². The molecule has 0 N–H and O–H groups in total. The van der Waals surface area contributed by atoms with E-state index in [1.165, 1.54) is 0 Å². The highest BCUT2D eigenvalue weighted by Gasteiger charge is 2.18. The molecule has 0 spiro atoms. The minimum Gasteiger partial charge on any atom is -0.486 e. The molecule has 4 nitrogen and oxygen atoms in total. The van der Waals surface area contributed by atoms with Gasteiger partial charge in [-0.3, -0.25) is 0 Å². The molecule has 0 fully saturated rings. The summed E-state index contributed by atoms with van der Waals surface area (Å²) >= 11 is 6.18. The Kier molecular flexibility index (Phi) is 4.44. The minimum absolute atomic E-state index is 0.128. The Hall–Kier alpha value is -2.20. The molecule has 1 heterocycles. The van der Waals surface area contributed by atoms with Gasteiger partial charge in [0.1, 0.15) is 19.8 Å². The topological polar surface area (TPSA) is 44.8 Å². The van der Waals surface area contributed by atoms with Gasteiger partial charge in [-0.05, 0) is 48.7 Å². The van der Waals surface area contributed by atoms with E-state index in [1.54, 1.807) is 18.2 Å². The van der Waals surface area contributed by atoms with Crippen LogP contribution in [0, 0.1) is 13.8 Å². The maximum atomic E-state index is 12.3. The quantitative estimate of drug-likeness (QED) is 0.794. The highest BCUT2D eigenvalue weighted by atomic mass is 35.5. The molecular weight excluding hydrogens is 316 g/mol. The van der Waals surface area contributed by atoms with Crippen LogP contribution >= 0.6 is 11.6 Å². The summed E-state index contributed by atoms with van der Waals surface area (Å²) in [4.78, 5) is 12.3. The summed E-state index contributed by atoms with van der Waals surface area (Å²) in [6, 6.07) is 9.09. The Labute approximate surface area is 139 Å². The average Bonchev–Trinajstić information content (AvgIpc) is 2.55. The van der Waals surface area contributed by atoms with Crippen molar-refractivity contribution in [2.75, 3.05) is 13.2 Å². The van der Waals surface area contributed by atoms with Crippen LogP contribution in [-0.4, -0.2) is 19.2 Å². The lowest BCUT2D eigenvalue weighted by Crippen LogP contribution is -2.16. The normalized spacial score (nSPS) is 12.8. The van der Waals surface area contributed by atoms with E-state index < -0.39 is 0 Å². The largest absolute Gasteiger partial charge is 0.486 e. The van der Waals surface area contributed by atoms with E-state index in [9.17, 15) is 4.79 Å². The van der Waals surface area contributed by atoms with Gasteiger partial charge >= 0.3 is 5.97 Å². The molecule has 0 amide bonds. The van der Waals surface area contributed by atoms with Crippen LogP contribution in [-0.2, 0) is 11.3 Å².